The Hall–Kier alpha value is -1.07. The number of unbranched alkanes of at least 4 members (excludes halogenated alkanes) is 18. The third-order valence-corrected chi connectivity index (χ3v) is 8.76. The number of aliphatic hydroxyl groups excluding tert-OH is 1. The molecule has 0 spiro atoms. The van der Waals surface area contributed by atoms with E-state index in [9.17, 15) is 18.1 Å². The molecular formula is C32H58O4S. The van der Waals surface area contributed by atoms with Crippen LogP contribution in [0.4, 0.5) is 0 Å². The summed E-state index contributed by atoms with van der Waals surface area (Å²) in [6.45, 7) is 6.18. The molecule has 37 heavy (non-hydrogen) atoms. The highest BCUT2D eigenvalue weighted by Crippen LogP contribution is 2.39. The molecule has 0 unspecified atom stereocenters. The number of hydrogen-bond acceptors (Lipinski definition) is 3. The zero-order valence-corrected chi connectivity index (χ0v) is 25.3. The average Bonchev–Trinajstić information content (AvgIpc) is 2.85. The van der Waals surface area contributed by atoms with Crippen molar-refractivity contribution in [3.8, 4) is 0 Å². The molecular weight excluding hydrogens is 480 g/mol. The van der Waals surface area contributed by atoms with Gasteiger partial charge in [-0.25, -0.2) is 0 Å². The molecule has 0 fully saturated rings. The summed E-state index contributed by atoms with van der Waals surface area (Å²) in [6, 6.07) is 0. The SMILES string of the molecule is CCCCCCCCCCCCC1=C(CCCCCCCCCCCC)C(=C(C)O)CC=C1S(=O)(=O)O. The predicted molar refractivity (Wildman–Crippen MR) is 160 cm³/mol. The van der Waals surface area contributed by atoms with Crippen LogP contribution >= 0.6 is 0 Å². The van der Waals surface area contributed by atoms with Gasteiger partial charge in [-0.1, -0.05) is 135 Å². The minimum atomic E-state index is -4.27. The van der Waals surface area contributed by atoms with Crippen LogP contribution in [-0.2, 0) is 10.1 Å². The number of aliphatic hydroxyl groups is 1. The van der Waals surface area contributed by atoms with Gasteiger partial charge in [0.25, 0.3) is 10.1 Å². The minimum Gasteiger partial charge on any atom is -0.512 e. The van der Waals surface area contributed by atoms with Gasteiger partial charge < -0.3 is 5.11 Å². The molecule has 0 radical (unpaired) electrons. The molecule has 0 aliphatic heterocycles. The van der Waals surface area contributed by atoms with Crippen LogP contribution in [0.15, 0.2) is 33.5 Å². The van der Waals surface area contributed by atoms with E-state index in [1.165, 1.54) is 103 Å². The summed E-state index contributed by atoms with van der Waals surface area (Å²) in [5.74, 6) is 0.272. The van der Waals surface area contributed by atoms with Crippen molar-refractivity contribution < 1.29 is 18.1 Å². The molecule has 216 valence electrons. The first-order valence-electron chi connectivity index (χ1n) is 15.6. The summed E-state index contributed by atoms with van der Waals surface area (Å²) < 4.78 is 34.4. The number of rotatable bonds is 23. The van der Waals surface area contributed by atoms with E-state index in [1.807, 2.05) is 0 Å². The summed E-state index contributed by atoms with van der Waals surface area (Å²) in [5, 5.41) is 10.4. The fourth-order valence-corrected chi connectivity index (χ4v) is 6.38. The van der Waals surface area contributed by atoms with Crippen molar-refractivity contribution in [1.82, 2.24) is 0 Å². The van der Waals surface area contributed by atoms with Crippen LogP contribution in [0.2, 0.25) is 0 Å². The maximum atomic E-state index is 12.2. The monoisotopic (exact) mass is 538 g/mol. The van der Waals surface area contributed by atoms with Crippen molar-refractivity contribution in [2.24, 2.45) is 0 Å². The van der Waals surface area contributed by atoms with E-state index < -0.39 is 10.1 Å². The summed E-state index contributed by atoms with van der Waals surface area (Å²) in [7, 11) is -4.27. The lowest BCUT2D eigenvalue weighted by molar-refractivity contribution is 0.405. The minimum absolute atomic E-state index is 0.0792. The normalized spacial score (nSPS) is 15.8. The van der Waals surface area contributed by atoms with Crippen molar-refractivity contribution in [2.75, 3.05) is 0 Å². The Balaban J connectivity index is 2.63. The quantitative estimate of drug-likeness (QED) is 0.0770. The molecule has 1 rings (SSSR count). The molecule has 0 bridgehead atoms. The lowest BCUT2D eigenvalue weighted by atomic mass is 9.85. The molecule has 1 aliphatic carbocycles. The third kappa shape index (κ3) is 15.2. The predicted octanol–water partition coefficient (Wildman–Crippen LogP) is 10.9. The summed E-state index contributed by atoms with van der Waals surface area (Å²) >= 11 is 0. The van der Waals surface area contributed by atoms with Gasteiger partial charge in [0, 0.05) is 0 Å². The number of hydrogen-bond donors (Lipinski definition) is 2. The highest BCUT2D eigenvalue weighted by molar-refractivity contribution is 7.90. The molecule has 0 aromatic carbocycles. The Kier molecular flexibility index (Phi) is 19.1. The van der Waals surface area contributed by atoms with Crippen molar-refractivity contribution in [2.45, 2.75) is 168 Å². The van der Waals surface area contributed by atoms with Crippen molar-refractivity contribution in [1.29, 1.82) is 0 Å². The van der Waals surface area contributed by atoms with Crippen LogP contribution in [0, 0.1) is 0 Å². The lowest BCUT2D eigenvalue weighted by Gasteiger charge is -2.24. The highest BCUT2D eigenvalue weighted by atomic mass is 32.2. The summed E-state index contributed by atoms with van der Waals surface area (Å²) in [5.41, 5.74) is 2.56. The first-order chi connectivity index (χ1) is 17.8. The molecule has 5 heteroatoms. The lowest BCUT2D eigenvalue weighted by Crippen LogP contribution is -2.13. The zero-order chi connectivity index (χ0) is 27.4. The van der Waals surface area contributed by atoms with Crippen LogP contribution in [0.1, 0.15) is 168 Å². The Bertz CT molecular complexity index is 801. The van der Waals surface area contributed by atoms with Gasteiger partial charge in [0.05, 0.1) is 10.7 Å². The van der Waals surface area contributed by atoms with E-state index in [0.717, 1.165) is 48.8 Å². The van der Waals surface area contributed by atoms with Gasteiger partial charge in [-0.15, -0.1) is 0 Å². The topological polar surface area (TPSA) is 74.6 Å². The van der Waals surface area contributed by atoms with Gasteiger partial charge in [0.2, 0.25) is 0 Å². The summed E-state index contributed by atoms with van der Waals surface area (Å²) in [4.78, 5) is 0.0792. The zero-order valence-electron chi connectivity index (χ0n) is 24.5. The van der Waals surface area contributed by atoms with Crippen molar-refractivity contribution >= 4 is 10.1 Å². The fraction of sp³-hybridized carbons (Fsp3) is 0.812. The van der Waals surface area contributed by atoms with Gasteiger partial charge in [0.15, 0.2) is 0 Å². The van der Waals surface area contributed by atoms with E-state index in [-0.39, 0.29) is 10.7 Å². The Morgan fingerprint density at radius 2 is 1.00 bits per heavy atom. The third-order valence-electron chi connectivity index (χ3n) is 7.79. The standard InChI is InChI=1S/C32H58O4S/c1-4-6-8-10-12-14-16-18-20-22-24-30-29(28(3)33)26-27-32(37(34,35)36)31(30)25-23-21-19-17-15-13-11-9-7-5-2/h27,33H,4-26H2,1-3H3,(H,34,35,36). The molecule has 0 atom stereocenters. The van der Waals surface area contributed by atoms with Gasteiger partial charge in [0.1, 0.15) is 0 Å². The molecule has 0 saturated heterocycles. The van der Waals surface area contributed by atoms with Gasteiger partial charge in [-0.2, -0.15) is 8.42 Å². The Morgan fingerprint density at radius 3 is 1.35 bits per heavy atom. The van der Waals surface area contributed by atoms with Crippen molar-refractivity contribution in [3.05, 3.63) is 33.5 Å². The maximum absolute atomic E-state index is 12.2. The average molecular weight is 539 g/mol. The second-order valence-electron chi connectivity index (χ2n) is 11.1. The van der Waals surface area contributed by atoms with Crippen LogP contribution < -0.4 is 0 Å². The van der Waals surface area contributed by atoms with Gasteiger partial charge in [-0.05, 0) is 55.7 Å². The van der Waals surface area contributed by atoms with Crippen LogP contribution in [0.3, 0.4) is 0 Å². The second-order valence-corrected chi connectivity index (χ2v) is 12.5. The molecule has 1 aliphatic rings. The Labute approximate surface area is 229 Å². The largest absolute Gasteiger partial charge is 0.512 e. The highest BCUT2D eigenvalue weighted by Gasteiger charge is 2.27. The second kappa shape index (κ2) is 20.8. The van der Waals surface area contributed by atoms with E-state index in [0.29, 0.717) is 12.8 Å². The van der Waals surface area contributed by atoms with Crippen LogP contribution in [0.25, 0.3) is 0 Å². The molecule has 0 saturated carbocycles. The summed E-state index contributed by atoms with van der Waals surface area (Å²) in [6.07, 6.45) is 28.2. The van der Waals surface area contributed by atoms with Crippen molar-refractivity contribution in [3.63, 3.8) is 0 Å². The van der Waals surface area contributed by atoms with Gasteiger partial charge in [-0.3, -0.25) is 4.55 Å². The molecule has 0 heterocycles. The molecule has 2 N–H and O–H groups in total. The van der Waals surface area contributed by atoms with E-state index >= 15 is 0 Å². The number of allylic oxidation sites excluding steroid dienone is 5. The maximum Gasteiger partial charge on any atom is 0.294 e. The van der Waals surface area contributed by atoms with Gasteiger partial charge >= 0.3 is 0 Å². The fourth-order valence-electron chi connectivity index (χ4n) is 5.55. The molecule has 0 amide bonds. The first kappa shape index (κ1) is 34.0. The Morgan fingerprint density at radius 1 is 0.649 bits per heavy atom. The van der Waals surface area contributed by atoms with E-state index in [4.69, 9.17) is 0 Å². The van der Waals surface area contributed by atoms with E-state index in [2.05, 4.69) is 13.8 Å². The van der Waals surface area contributed by atoms with E-state index in [1.54, 1.807) is 13.0 Å². The first-order valence-corrected chi connectivity index (χ1v) is 17.1. The smallest absolute Gasteiger partial charge is 0.294 e. The molecule has 0 aromatic heterocycles. The van der Waals surface area contributed by atoms with Crippen LogP contribution in [0.5, 0.6) is 0 Å². The molecule has 0 aromatic rings. The van der Waals surface area contributed by atoms with Crippen LogP contribution in [-0.4, -0.2) is 18.1 Å². The molecule has 4 nitrogen and oxygen atoms in total.